The van der Waals surface area contributed by atoms with Crippen LogP contribution in [0, 0.1) is 0 Å². The Hall–Kier alpha value is -0.590. The maximum Gasteiger partial charge on any atom is 0.470 e. The summed E-state index contributed by atoms with van der Waals surface area (Å²) in [6, 6.07) is 0. The van der Waals surface area contributed by atoms with Crippen LogP contribution in [0.2, 0.25) is 0 Å². The van der Waals surface area contributed by atoms with E-state index in [1.165, 1.54) is 0 Å². The van der Waals surface area contributed by atoms with Gasteiger partial charge in [-0.3, -0.25) is 14.1 Å². The highest BCUT2D eigenvalue weighted by Crippen LogP contribution is 2.35. The van der Waals surface area contributed by atoms with Gasteiger partial charge in [0, 0.05) is 0 Å². The lowest BCUT2D eigenvalue weighted by atomic mass is 10.1. The number of hydrogen-bond acceptors (Lipinski definition) is 5. The van der Waals surface area contributed by atoms with Gasteiger partial charge in [0.25, 0.3) is 0 Å². The molecule has 1 unspecified atom stereocenters. The molecule has 0 bridgehead atoms. The molecule has 0 fully saturated rings. The predicted octanol–water partition coefficient (Wildman–Crippen LogP) is 0.175. The summed E-state index contributed by atoms with van der Waals surface area (Å²) in [6.07, 6.45) is 1.09. The van der Waals surface area contributed by atoms with E-state index in [-0.39, 0.29) is 6.42 Å². The molecule has 0 aliphatic heterocycles. The molecule has 100 valence electrons. The number of aliphatic hydroxyl groups excluding tert-OH is 1. The molecule has 0 radical (unpaired) electrons. The van der Waals surface area contributed by atoms with Crippen LogP contribution in [-0.4, -0.2) is 39.2 Å². The number of phosphoric acid groups is 1. The molecule has 1 atom stereocenters. The van der Waals surface area contributed by atoms with Crippen molar-refractivity contribution in [1.82, 2.24) is 0 Å². The molecule has 0 aromatic rings. The van der Waals surface area contributed by atoms with Crippen LogP contribution in [0.5, 0.6) is 0 Å². The van der Waals surface area contributed by atoms with E-state index >= 15 is 0 Å². The second kappa shape index (κ2) is 7.68. The standard InChI is InChI=1S/C9H17O7P/c1-2-3-4-5-7(10)9(12)8(11)6-16-17(13,14)15/h7,10H,2-6H2,1H3,(H2,13,14,15). The Labute approximate surface area is 99.0 Å². The van der Waals surface area contributed by atoms with Crippen molar-refractivity contribution in [3.63, 3.8) is 0 Å². The molecule has 0 spiro atoms. The number of phosphoric ester groups is 1. The number of carbonyl (C=O) groups is 2. The van der Waals surface area contributed by atoms with Crippen molar-refractivity contribution >= 4 is 19.4 Å². The fraction of sp³-hybridized carbons (Fsp3) is 0.778. The molecule has 17 heavy (non-hydrogen) atoms. The lowest BCUT2D eigenvalue weighted by molar-refractivity contribution is -0.143. The van der Waals surface area contributed by atoms with Gasteiger partial charge in [-0.25, -0.2) is 4.57 Å². The lowest BCUT2D eigenvalue weighted by Crippen LogP contribution is -2.31. The first-order valence-corrected chi connectivity index (χ1v) is 6.76. The van der Waals surface area contributed by atoms with Crippen molar-refractivity contribution in [3.05, 3.63) is 0 Å². The van der Waals surface area contributed by atoms with Gasteiger partial charge >= 0.3 is 7.82 Å². The minimum absolute atomic E-state index is 0.161. The second-order valence-electron chi connectivity index (χ2n) is 3.56. The highest BCUT2D eigenvalue weighted by molar-refractivity contribution is 7.46. The molecule has 0 saturated heterocycles. The average Bonchev–Trinajstić information content (AvgIpc) is 2.24. The summed E-state index contributed by atoms with van der Waals surface area (Å²) < 4.78 is 14.2. The van der Waals surface area contributed by atoms with Gasteiger partial charge in [0.2, 0.25) is 11.6 Å². The SMILES string of the molecule is CCCCCC(O)C(=O)C(=O)COP(=O)(O)O. The normalized spacial score (nSPS) is 13.4. The fourth-order valence-corrected chi connectivity index (χ4v) is 1.40. The summed E-state index contributed by atoms with van der Waals surface area (Å²) in [6.45, 7) is 0.932. The Bertz CT molecular complexity index is 308. The van der Waals surface area contributed by atoms with E-state index in [0.29, 0.717) is 6.42 Å². The zero-order valence-electron chi connectivity index (χ0n) is 9.53. The highest BCUT2D eigenvalue weighted by atomic mass is 31.2. The van der Waals surface area contributed by atoms with E-state index in [2.05, 4.69) is 4.52 Å². The topological polar surface area (TPSA) is 121 Å². The third-order valence-corrected chi connectivity index (χ3v) is 2.49. The quantitative estimate of drug-likeness (QED) is 0.309. The molecule has 0 saturated carbocycles. The molecular weight excluding hydrogens is 251 g/mol. The van der Waals surface area contributed by atoms with Crippen molar-refractivity contribution in [2.24, 2.45) is 0 Å². The maximum absolute atomic E-state index is 11.2. The minimum Gasteiger partial charge on any atom is -0.385 e. The van der Waals surface area contributed by atoms with Crippen LogP contribution >= 0.6 is 7.82 Å². The second-order valence-corrected chi connectivity index (χ2v) is 4.80. The zero-order valence-corrected chi connectivity index (χ0v) is 10.4. The number of aliphatic hydroxyl groups is 1. The summed E-state index contributed by atoms with van der Waals surface area (Å²) in [5.41, 5.74) is 0. The van der Waals surface area contributed by atoms with Gasteiger partial charge in [-0.05, 0) is 6.42 Å². The Morgan fingerprint density at radius 2 is 1.88 bits per heavy atom. The predicted molar refractivity (Wildman–Crippen MR) is 58.2 cm³/mol. The molecule has 0 aromatic heterocycles. The van der Waals surface area contributed by atoms with Crippen LogP contribution in [0.1, 0.15) is 32.6 Å². The number of unbranched alkanes of at least 4 members (excludes halogenated alkanes) is 2. The number of hydrogen-bond donors (Lipinski definition) is 3. The van der Waals surface area contributed by atoms with Gasteiger partial charge in [-0.2, -0.15) is 0 Å². The first-order valence-electron chi connectivity index (χ1n) is 5.23. The number of ketones is 2. The van der Waals surface area contributed by atoms with E-state index in [9.17, 15) is 19.3 Å². The lowest BCUT2D eigenvalue weighted by Gasteiger charge is -2.08. The Morgan fingerprint density at radius 3 is 2.35 bits per heavy atom. The van der Waals surface area contributed by atoms with E-state index in [0.717, 1.165) is 12.8 Å². The van der Waals surface area contributed by atoms with E-state index in [1.54, 1.807) is 0 Å². The van der Waals surface area contributed by atoms with Gasteiger partial charge in [0.1, 0.15) is 12.7 Å². The molecule has 8 heteroatoms. The molecular formula is C9H17O7P. The van der Waals surface area contributed by atoms with E-state index < -0.39 is 32.1 Å². The molecule has 0 aromatic carbocycles. The first kappa shape index (κ1) is 16.4. The van der Waals surface area contributed by atoms with Crippen LogP contribution < -0.4 is 0 Å². The minimum atomic E-state index is -4.77. The summed E-state index contributed by atoms with van der Waals surface area (Å²) in [5, 5.41) is 9.32. The molecule has 3 N–H and O–H groups in total. The van der Waals surface area contributed by atoms with E-state index in [1.807, 2.05) is 6.92 Å². The Kier molecular flexibility index (Phi) is 7.41. The van der Waals surface area contributed by atoms with Gasteiger partial charge in [-0.1, -0.05) is 26.2 Å². The molecule has 0 heterocycles. The Morgan fingerprint density at radius 1 is 1.29 bits per heavy atom. The van der Waals surface area contributed by atoms with Crippen molar-refractivity contribution in [3.8, 4) is 0 Å². The van der Waals surface area contributed by atoms with Gasteiger partial charge in [0.05, 0.1) is 0 Å². The van der Waals surface area contributed by atoms with Gasteiger partial charge < -0.3 is 14.9 Å². The highest BCUT2D eigenvalue weighted by Gasteiger charge is 2.25. The number of carbonyl (C=O) groups excluding carboxylic acids is 2. The summed E-state index contributed by atoms with van der Waals surface area (Å²) in [7, 11) is -4.77. The third-order valence-electron chi connectivity index (χ3n) is 2.02. The molecule has 0 amide bonds. The van der Waals surface area contributed by atoms with Crippen molar-refractivity contribution in [1.29, 1.82) is 0 Å². The van der Waals surface area contributed by atoms with Crippen LogP contribution in [0.15, 0.2) is 0 Å². The summed E-state index contributed by atoms with van der Waals surface area (Å²) in [5.74, 6) is -2.22. The third kappa shape index (κ3) is 8.18. The maximum atomic E-state index is 11.2. The zero-order chi connectivity index (χ0) is 13.5. The number of rotatable bonds is 9. The largest absolute Gasteiger partial charge is 0.470 e. The molecule has 0 aliphatic rings. The van der Waals surface area contributed by atoms with Gasteiger partial charge in [-0.15, -0.1) is 0 Å². The average molecular weight is 268 g/mol. The van der Waals surface area contributed by atoms with Crippen LogP contribution in [0.25, 0.3) is 0 Å². The molecule has 0 rings (SSSR count). The summed E-state index contributed by atoms with van der Waals surface area (Å²) in [4.78, 5) is 39.0. The van der Waals surface area contributed by atoms with Crippen molar-refractivity contribution in [2.75, 3.05) is 6.61 Å². The number of Topliss-reactive ketones (excluding diaryl/α,β-unsaturated/α-hetero) is 2. The first-order chi connectivity index (χ1) is 7.78. The Balaban J connectivity index is 4.03. The van der Waals surface area contributed by atoms with Crippen LogP contribution in [0.4, 0.5) is 0 Å². The molecule has 7 nitrogen and oxygen atoms in total. The smallest absolute Gasteiger partial charge is 0.385 e. The summed E-state index contributed by atoms with van der Waals surface area (Å²) >= 11 is 0. The van der Waals surface area contributed by atoms with E-state index in [4.69, 9.17) is 9.79 Å². The van der Waals surface area contributed by atoms with Crippen LogP contribution in [0.3, 0.4) is 0 Å². The van der Waals surface area contributed by atoms with Crippen molar-refractivity contribution in [2.45, 2.75) is 38.7 Å². The van der Waals surface area contributed by atoms with Crippen molar-refractivity contribution < 1.29 is 33.6 Å². The van der Waals surface area contributed by atoms with Crippen LogP contribution in [-0.2, 0) is 18.7 Å². The monoisotopic (exact) mass is 268 g/mol. The fourth-order valence-electron chi connectivity index (χ4n) is 1.12. The van der Waals surface area contributed by atoms with Gasteiger partial charge in [0.15, 0.2) is 0 Å². The molecule has 0 aliphatic carbocycles.